The van der Waals surface area contributed by atoms with E-state index in [0.29, 0.717) is 12.6 Å². The average Bonchev–Trinajstić information content (AvgIpc) is 3.10. The van der Waals surface area contributed by atoms with Crippen molar-refractivity contribution in [3.63, 3.8) is 0 Å². The molecule has 1 spiro atoms. The number of rotatable bonds is 4. The molecule has 2 N–H and O–H groups in total. The Balaban J connectivity index is 1.58. The minimum Gasteiger partial charge on any atom is -0.368 e. The maximum absolute atomic E-state index is 6.11. The highest BCUT2D eigenvalue weighted by Gasteiger charge is 2.43. The Morgan fingerprint density at radius 3 is 2.85 bits per heavy atom. The fourth-order valence-electron chi connectivity index (χ4n) is 2.91. The average molecular weight is 298 g/mol. The van der Waals surface area contributed by atoms with E-state index in [-0.39, 0.29) is 17.9 Å². The van der Waals surface area contributed by atoms with E-state index in [1.165, 1.54) is 12.8 Å². The largest absolute Gasteiger partial charge is 0.368 e. The highest BCUT2D eigenvalue weighted by atomic mass is 32.2. The highest BCUT2D eigenvalue weighted by Crippen LogP contribution is 2.40. The first-order chi connectivity index (χ1) is 9.60. The Bertz CT molecular complexity index is 471. The van der Waals surface area contributed by atoms with Crippen molar-refractivity contribution >= 4 is 17.7 Å². The third kappa shape index (κ3) is 2.66. The smallest absolute Gasteiger partial charge is 0.222 e. The molecule has 0 aromatic carbocycles. The molecular formula is C13H22N4O2S. The van der Waals surface area contributed by atoms with Crippen molar-refractivity contribution in [2.75, 3.05) is 18.1 Å². The van der Waals surface area contributed by atoms with Crippen LogP contribution in [0.3, 0.4) is 0 Å². The van der Waals surface area contributed by atoms with Crippen molar-refractivity contribution in [3.8, 4) is 0 Å². The lowest BCUT2D eigenvalue weighted by molar-refractivity contribution is -0.159. The molecule has 0 amide bonds. The summed E-state index contributed by atoms with van der Waals surface area (Å²) in [6.45, 7) is 4.83. The number of aromatic nitrogens is 3. The number of thioether (sulfide) groups is 1. The Morgan fingerprint density at radius 1 is 1.40 bits per heavy atom. The monoisotopic (exact) mass is 298 g/mol. The van der Waals surface area contributed by atoms with E-state index >= 15 is 0 Å². The Labute approximate surface area is 123 Å². The van der Waals surface area contributed by atoms with Gasteiger partial charge in [-0.05, 0) is 26.7 Å². The first-order valence-corrected chi connectivity index (χ1v) is 8.23. The van der Waals surface area contributed by atoms with Gasteiger partial charge in [-0.25, -0.2) is 0 Å². The molecule has 2 aliphatic rings. The zero-order valence-electron chi connectivity index (χ0n) is 12.0. The van der Waals surface area contributed by atoms with Crippen molar-refractivity contribution in [2.24, 2.45) is 0 Å². The van der Waals surface area contributed by atoms with Crippen LogP contribution in [-0.2, 0) is 9.47 Å². The normalized spacial score (nSPS) is 25.1. The van der Waals surface area contributed by atoms with Crippen LogP contribution in [0.2, 0.25) is 0 Å². The first-order valence-electron chi connectivity index (χ1n) is 7.25. The Morgan fingerprint density at radius 2 is 2.15 bits per heavy atom. The summed E-state index contributed by atoms with van der Waals surface area (Å²) in [5.41, 5.74) is 5.84. The van der Waals surface area contributed by atoms with Gasteiger partial charge in [-0.3, -0.25) is 4.57 Å². The van der Waals surface area contributed by atoms with Crippen LogP contribution in [0.4, 0.5) is 5.95 Å². The van der Waals surface area contributed by atoms with Gasteiger partial charge in [0.2, 0.25) is 5.95 Å². The quantitative estimate of drug-likeness (QED) is 0.859. The molecule has 1 atom stereocenters. The van der Waals surface area contributed by atoms with Crippen LogP contribution < -0.4 is 5.73 Å². The van der Waals surface area contributed by atoms with Gasteiger partial charge in [0.25, 0.3) is 0 Å². The number of hydrogen-bond donors (Lipinski definition) is 1. The summed E-state index contributed by atoms with van der Waals surface area (Å²) in [5, 5.41) is 8.95. The lowest BCUT2D eigenvalue weighted by Gasteiger charge is -2.21. The minimum absolute atomic E-state index is 0.136. The molecule has 1 aromatic heterocycles. The van der Waals surface area contributed by atoms with Gasteiger partial charge in [0.15, 0.2) is 10.9 Å². The number of anilines is 1. The van der Waals surface area contributed by atoms with Crippen LogP contribution in [0.15, 0.2) is 5.16 Å². The topological polar surface area (TPSA) is 75.2 Å². The van der Waals surface area contributed by atoms with Gasteiger partial charge >= 0.3 is 0 Å². The molecule has 2 heterocycles. The molecule has 3 rings (SSSR count). The number of nitrogen functional groups attached to an aromatic ring is 1. The number of nitrogens with two attached hydrogens (primary N) is 1. The van der Waals surface area contributed by atoms with Crippen molar-refractivity contribution in [2.45, 2.75) is 62.6 Å². The van der Waals surface area contributed by atoms with Gasteiger partial charge in [0, 0.05) is 24.6 Å². The van der Waals surface area contributed by atoms with Gasteiger partial charge in [-0.2, -0.15) is 0 Å². The minimum atomic E-state index is -0.282. The standard InChI is InChI=1S/C13H22N4O2S/c1-9(2)17-11(14)15-16-12(17)20-8-10-7-18-13(19-10)5-3-4-6-13/h9-10H,3-8H2,1-2H3,(H2,14,15). The van der Waals surface area contributed by atoms with Crippen molar-refractivity contribution in [1.82, 2.24) is 14.8 Å². The third-order valence-corrected chi connectivity index (χ3v) is 4.96. The molecule has 7 heteroatoms. The maximum Gasteiger partial charge on any atom is 0.222 e. The van der Waals surface area contributed by atoms with E-state index < -0.39 is 0 Å². The Kier molecular flexibility index (Phi) is 3.92. The zero-order chi connectivity index (χ0) is 14.2. The predicted octanol–water partition coefficient (Wildman–Crippen LogP) is 2.22. The molecule has 1 unspecified atom stereocenters. The summed E-state index contributed by atoms with van der Waals surface area (Å²) in [6, 6.07) is 0.259. The fourth-order valence-corrected chi connectivity index (χ4v) is 3.96. The highest BCUT2D eigenvalue weighted by molar-refractivity contribution is 7.99. The SMILES string of the molecule is CC(C)n1c(N)nnc1SCC1COC2(CCCC2)O1. The molecule has 1 aliphatic heterocycles. The van der Waals surface area contributed by atoms with Gasteiger partial charge < -0.3 is 15.2 Å². The predicted molar refractivity (Wildman–Crippen MR) is 77.6 cm³/mol. The molecule has 6 nitrogen and oxygen atoms in total. The van der Waals surface area contributed by atoms with Crippen LogP contribution in [-0.4, -0.2) is 39.0 Å². The van der Waals surface area contributed by atoms with E-state index in [4.69, 9.17) is 15.2 Å². The number of hydrogen-bond acceptors (Lipinski definition) is 6. The summed E-state index contributed by atoms with van der Waals surface area (Å²) < 4.78 is 13.9. The van der Waals surface area contributed by atoms with Crippen LogP contribution in [0.1, 0.15) is 45.6 Å². The molecule has 2 fully saturated rings. The van der Waals surface area contributed by atoms with Gasteiger partial charge in [0.05, 0.1) is 12.7 Å². The molecule has 1 saturated heterocycles. The molecule has 20 heavy (non-hydrogen) atoms. The molecule has 0 radical (unpaired) electrons. The summed E-state index contributed by atoms with van der Waals surface area (Å²) in [6.07, 6.45) is 4.61. The van der Waals surface area contributed by atoms with E-state index in [1.54, 1.807) is 11.8 Å². The summed E-state index contributed by atoms with van der Waals surface area (Å²) in [7, 11) is 0. The van der Waals surface area contributed by atoms with Gasteiger partial charge in [0.1, 0.15) is 0 Å². The van der Waals surface area contributed by atoms with Crippen LogP contribution in [0, 0.1) is 0 Å². The maximum atomic E-state index is 6.11. The van der Waals surface area contributed by atoms with E-state index in [9.17, 15) is 0 Å². The van der Waals surface area contributed by atoms with Crippen LogP contribution >= 0.6 is 11.8 Å². The lowest BCUT2D eigenvalue weighted by atomic mass is 10.2. The summed E-state index contributed by atoms with van der Waals surface area (Å²) in [5.74, 6) is 1.01. The second kappa shape index (κ2) is 5.54. The molecule has 1 aliphatic carbocycles. The van der Waals surface area contributed by atoms with E-state index in [1.807, 2.05) is 4.57 Å². The van der Waals surface area contributed by atoms with Crippen LogP contribution in [0.5, 0.6) is 0 Å². The van der Waals surface area contributed by atoms with Crippen molar-refractivity contribution in [3.05, 3.63) is 0 Å². The third-order valence-electron chi connectivity index (χ3n) is 3.88. The molecular weight excluding hydrogens is 276 g/mol. The molecule has 1 saturated carbocycles. The first kappa shape index (κ1) is 14.2. The Hall–Kier alpha value is -0.790. The number of ether oxygens (including phenoxy) is 2. The van der Waals surface area contributed by atoms with Crippen LogP contribution in [0.25, 0.3) is 0 Å². The van der Waals surface area contributed by atoms with E-state index in [2.05, 4.69) is 24.0 Å². The lowest BCUT2D eigenvalue weighted by Crippen LogP contribution is -2.27. The zero-order valence-corrected chi connectivity index (χ0v) is 12.9. The van der Waals surface area contributed by atoms with Crippen molar-refractivity contribution in [1.29, 1.82) is 0 Å². The fraction of sp³-hybridized carbons (Fsp3) is 0.846. The molecule has 1 aromatic rings. The van der Waals surface area contributed by atoms with Gasteiger partial charge in [-0.1, -0.05) is 11.8 Å². The molecule has 112 valence electrons. The summed E-state index contributed by atoms with van der Waals surface area (Å²) in [4.78, 5) is 0. The summed E-state index contributed by atoms with van der Waals surface area (Å²) >= 11 is 1.64. The van der Waals surface area contributed by atoms with Crippen molar-refractivity contribution < 1.29 is 9.47 Å². The second-order valence-corrected chi connectivity index (χ2v) is 6.77. The van der Waals surface area contributed by atoms with E-state index in [0.717, 1.165) is 23.8 Å². The second-order valence-electron chi connectivity index (χ2n) is 5.78. The molecule has 0 bridgehead atoms. The number of nitrogens with zero attached hydrogens (tertiary/aromatic N) is 3. The van der Waals surface area contributed by atoms with Gasteiger partial charge in [-0.15, -0.1) is 10.2 Å².